The van der Waals surface area contributed by atoms with Gasteiger partial charge in [0, 0.05) is 30.8 Å². The Morgan fingerprint density at radius 3 is 2.80 bits per heavy atom. The molecular weight excluding hydrogens is 387 g/mol. The van der Waals surface area contributed by atoms with Gasteiger partial charge in [-0.15, -0.1) is 0 Å². The second-order valence-corrected chi connectivity index (χ2v) is 7.08. The van der Waals surface area contributed by atoms with E-state index in [1.807, 2.05) is 6.07 Å². The summed E-state index contributed by atoms with van der Waals surface area (Å²) in [5, 5.41) is 1.62. The fourth-order valence-electron chi connectivity index (χ4n) is 3.44. The summed E-state index contributed by atoms with van der Waals surface area (Å²) >= 11 is 0. The predicted molar refractivity (Wildman–Crippen MR) is 110 cm³/mol. The second-order valence-electron chi connectivity index (χ2n) is 7.08. The van der Waals surface area contributed by atoms with E-state index < -0.39 is 0 Å². The molecule has 0 saturated carbocycles. The molecule has 0 unspecified atom stereocenters. The van der Waals surface area contributed by atoms with Crippen molar-refractivity contribution < 1.29 is 23.4 Å². The summed E-state index contributed by atoms with van der Waals surface area (Å²) in [4.78, 5) is 19.2. The highest BCUT2D eigenvalue weighted by Crippen LogP contribution is 2.25. The van der Waals surface area contributed by atoms with E-state index in [4.69, 9.17) is 14.2 Å². The molecule has 1 aliphatic rings. The molecule has 0 bridgehead atoms. The van der Waals surface area contributed by atoms with Gasteiger partial charge in [0.05, 0.1) is 25.5 Å². The van der Waals surface area contributed by atoms with Crippen LogP contribution in [-0.2, 0) is 9.47 Å². The number of hydrogen-bond donors (Lipinski definition) is 0. The number of halogens is 1. The summed E-state index contributed by atoms with van der Waals surface area (Å²) in [6.45, 7) is 2.27. The number of amides is 1. The van der Waals surface area contributed by atoms with Crippen LogP contribution in [0.5, 0.6) is 5.75 Å². The number of pyridine rings is 1. The Kier molecular flexibility index (Phi) is 6.21. The lowest BCUT2D eigenvalue weighted by atomic mass is 10.1. The molecule has 1 amide bonds. The van der Waals surface area contributed by atoms with Gasteiger partial charge in [-0.25, -0.2) is 4.39 Å². The average Bonchev–Trinajstić information content (AvgIpc) is 2.79. The molecule has 6 nitrogen and oxygen atoms in total. The molecule has 30 heavy (non-hydrogen) atoms. The van der Waals surface area contributed by atoms with Crippen LogP contribution >= 0.6 is 0 Å². The summed E-state index contributed by atoms with van der Waals surface area (Å²) in [5.41, 5.74) is 1.27. The summed E-state index contributed by atoms with van der Waals surface area (Å²) in [7, 11) is 1.62. The van der Waals surface area contributed by atoms with Crippen LogP contribution in [-0.4, -0.2) is 55.8 Å². The van der Waals surface area contributed by atoms with Crippen LogP contribution in [0.1, 0.15) is 22.2 Å². The van der Waals surface area contributed by atoms with Crippen LogP contribution in [0.15, 0.2) is 54.7 Å². The molecule has 0 aliphatic carbocycles. The highest BCUT2D eigenvalue weighted by atomic mass is 19.1. The molecular formula is C23H23FN2O4. The average molecular weight is 410 g/mol. The van der Waals surface area contributed by atoms with Crippen molar-refractivity contribution in [3.63, 3.8) is 0 Å². The zero-order chi connectivity index (χ0) is 20.9. The molecule has 4 rings (SSSR count). The number of hydrogen-bond acceptors (Lipinski definition) is 5. The molecule has 2 aromatic carbocycles. The van der Waals surface area contributed by atoms with Crippen molar-refractivity contribution in [1.29, 1.82) is 0 Å². The Morgan fingerprint density at radius 1 is 1.17 bits per heavy atom. The van der Waals surface area contributed by atoms with Gasteiger partial charge in [-0.2, -0.15) is 0 Å². The maximum absolute atomic E-state index is 13.6. The molecule has 2 heterocycles. The molecule has 1 atom stereocenters. The second kappa shape index (κ2) is 9.19. The number of morpholine rings is 1. The van der Waals surface area contributed by atoms with Crippen molar-refractivity contribution >= 4 is 16.7 Å². The first kappa shape index (κ1) is 20.3. The molecule has 0 radical (unpaired) electrons. The van der Waals surface area contributed by atoms with E-state index >= 15 is 0 Å². The van der Waals surface area contributed by atoms with Gasteiger partial charge in [0.1, 0.15) is 24.3 Å². The lowest BCUT2D eigenvalue weighted by Gasteiger charge is -2.32. The molecule has 156 valence electrons. The normalized spacial score (nSPS) is 16.6. The number of nitrogens with zero attached hydrogens (tertiary/aromatic N) is 2. The Hall–Kier alpha value is -3.03. The molecule has 0 spiro atoms. The molecule has 1 fully saturated rings. The first-order valence-corrected chi connectivity index (χ1v) is 9.82. The Balaban J connectivity index is 1.45. The summed E-state index contributed by atoms with van der Waals surface area (Å²) < 4.78 is 29.9. The molecule has 1 aromatic heterocycles. The van der Waals surface area contributed by atoms with Gasteiger partial charge in [-0.05, 0) is 53.9 Å². The first-order chi connectivity index (χ1) is 14.6. The van der Waals surface area contributed by atoms with Crippen LogP contribution in [0.2, 0.25) is 0 Å². The fourth-order valence-corrected chi connectivity index (χ4v) is 3.44. The third-order valence-electron chi connectivity index (χ3n) is 5.05. The van der Waals surface area contributed by atoms with Gasteiger partial charge < -0.3 is 19.1 Å². The number of carbonyl (C=O) groups excluding carboxylic acids is 1. The van der Waals surface area contributed by atoms with E-state index in [1.165, 1.54) is 12.1 Å². The minimum atomic E-state index is -0.355. The minimum absolute atomic E-state index is 0.0708. The van der Waals surface area contributed by atoms with Gasteiger partial charge in [0.25, 0.3) is 5.91 Å². The number of fused-ring (bicyclic) bond motifs is 1. The van der Waals surface area contributed by atoms with Crippen molar-refractivity contribution in [3.8, 4) is 5.75 Å². The van der Waals surface area contributed by atoms with Crippen LogP contribution in [0.4, 0.5) is 4.39 Å². The molecule has 1 saturated heterocycles. The maximum atomic E-state index is 13.6. The number of carbonyl (C=O) groups is 1. The highest BCUT2D eigenvalue weighted by Gasteiger charge is 2.27. The number of aromatic nitrogens is 1. The lowest BCUT2D eigenvalue weighted by molar-refractivity contribution is -0.0246. The topological polar surface area (TPSA) is 60.9 Å². The summed E-state index contributed by atoms with van der Waals surface area (Å²) in [5.74, 6) is 0.324. The van der Waals surface area contributed by atoms with E-state index in [-0.39, 0.29) is 17.8 Å². The zero-order valence-corrected chi connectivity index (χ0v) is 16.7. The standard InChI is InChI=1S/C23H23FN2O4/c1-28-10-11-29-20-6-3-16(4-7-20)23(27)26-8-9-30-22(15-26)21-13-18-12-19(24)5-2-17(18)14-25-21/h2-7,12-14,22H,8-11,15H2,1H3/t22-/m1/s1. The third kappa shape index (κ3) is 4.58. The van der Waals surface area contributed by atoms with E-state index in [2.05, 4.69) is 4.98 Å². The van der Waals surface area contributed by atoms with Crippen LogP contribution in [0.3, 0.4) is 0 Å². The van der Waals surface area contributed by atoms with Crippen LogP contribution < -0.4 is 4.74 Å². The minimum Gasteiger partial charge on any atom is -0.491 e. The van der Waals surface area contributed by atoms with Gasteiger partial charge in [-0.1, -0.05) is 0 Å². The SMILES string of the molecule is COCCOc1ccc(C(=O)N2CCO[C@@H](c3cc4cc(F)ccc4cn3)C2)cc1. The van der Waals surface area contributed by atoms with Gasteiger partial charge in [0.15, 0.2) is 0 Å². The molecule has 3 aromatic rings. The predicted octanol–water partition coefficient (Wildman–Crippen LogP) is 3.61. The van der Waals surface area contributed by atoms with Crippen molar-refractivity contribution in [2.45, 2.75) is 6.10 Å². The third-order valence-corrected chi connectivity index (χ3v) is 5.05. The molecule has 7 heteroatoms. The lowest BCUT2D eigenvalue weighted by Crippen LogP contribution is -2.42. The van der Waals surface area contributed by atoms with E-state index in [9.17, 15) is 9.18 Å². The first-order valence-electron chi connectivity index (χ1n) is 9.82. The monoisotopic (exact) mass is 410 g/mol. The molecule has 0 N–H and O–H groups in total. The summed E-state index contributed by atoms with van der Waals surface area (Å²) in [6.07, 6.45) is 1.35. The smallest absolute Gasteiger partial charge is 0.254 e. The van der Waals surface area contributed by atoms with Gasteiger partial charge >= 0.3 is 0 Å². The van der Waals surface area contributed by atoms with Crippen LogP contribution in [0, 0.1) is 5.82 Å². The fraction of sp³-hybridized carbons (Fsp3) is 0.304. The zero-order valence-electron chi connectivity index (χ0n) is 16.7. The largest absolute Gasteiger partial charge is 0.491 e. The Bertz CT molecular complexity index is 1030. The Morgan fingerprint density at radius 2 is 2.00 bits per heavy atom. The van der Waals surface area contributed by atoms with Gasteiger partial charge in [0.2, 0.25) is 0 Å². The number of rotatable bonds is 6. The number of ether oxygens (including phenoxy) is 3. The van der Waals surface area contributed by atoms with Crippen LogP contribution in [0.25, 0.3) is 10.8 Å². The van der Waals surface area contributed by atoms with E-state index in [1.54, 1.807) is 48.5 Å². The van der Waals surface area contributed by atoms with Crippen molar-refractivity contribution in [2.75, 3.05) is 40.0 Å². The van der Waals surface area contributed by atoms with E-state index in [0.29, 0.717) is 49.9 Å². The highest BCUT2D eigenvalue weighted by molar-refractivity contribution is 5.94. The van der Waals surface area contributed by atoms with Crippen molar-refractivity contribution in [2.24, 2.45) is 0 Å². The van der Waals surface area contributed by atoms with Crippen molar-refractivity contribution in [1.82, 2.24) is 9.88 Å². The number of methoxy groups -OCH3 is 1. The van der Waals surface area contributed by atoms with Gasteiger partial charge in [-0.3, -0.25) is 9.78 Å². The molecule has 1 aliphatic heterocycles. The Labute approximate surface area is 174 Å². The van der Waals surface area contributed by atoms with Crippen molar-refractivity contribution in [3.05, 3.63) is 71.8 Å². The maximum Gasteiger partial charge on any atom is 0.254 e. The summed E-state index contributed by atoms with van der Waals surface area (Å²) in [6, 6.07) is 13.5. The quantitative estimate of drug-likeness (QED) is 0.581. The van der Waals surface area contributed by atoms with E-state index in [0.717, 1.165) is 10.8 Å². The number of benzene rings is 2.